The molecular weight excluding hydrogens is 104 g/mol. The minimum Gasteiger partial charge on any atom is -0.438 e. The monoisotopic (exact) mass is 122 g/mol. The van der Waals surface area contributed by atoms with Gasteiger partial charge in [-0.05, 0) is 0 Å². The number of rotatable bonds is 0. The Kier molecular flexibility index (Phi) is 268. The number of hydrogen-bond donors (Lipinski definition) is 1. The third-order valence-corrected chi connectivity index (χ3v) is 0. The van der Waals surface area contributed by atoms with Crippen molar-refractivity contribution in [2.75, 3.05) is 0 Å². The summed E-state index contributed by atoms with van der Waals surface area (Å²) in [5.74, 6) is 0. The zero-order valence-corrected chi connectivity index (χ0v) is 7.57. The van der Waals surface area contributed by atoms with Crippen molar-refractivity contribution in [2.24, 2.45) is 0 Å². The lowest BCUT2D eigenvalue weighted by Crippen LogP contribution is -1.65. The molecule has 0 atom stereocenters. The van der Waals surface area contributed by atoms with Crippen LogP contribution in [-0.4, -0.2) is 14.6 Å². The Morgan fingerprint density at radius 2 is 1.00 bits per heavy atom. The van der Waals surface area contributed by atoms with Gasteiger partial charge in [-0.15, -0.1) is 0 Å². The number of hydrogen-bond acceptors (Lipinski definition) is 1. The van der Waals surface area contributed by atoms with Gasteiger partial charge in [0.05, 0.1) is 0 Å². The molecule has 0 radical (unpaired) electrons. The Hall–Kier alpha value is 0.177. The third kappa shape index (κ3) is 3440. The molecule has 0 aliphatic carbocycles. The van der Waals surface area contributed by atoms with Crippen molar-refractivity contribution >= 4 is 9.76 Å². The fourth-order valence-corrected chi connectivity index (χ4v) is 0. The van der Waals surface area contributed by atoms with Gasteiger partial charge in [-0.3, -0.25) is 0 Å². The highest BCUT2D eigenvalue weighted by Gasteiger charge is 1.39. The molecule has 0 amide bonds. The first-order chi connectivity index (χ1) is 3.41. The maximum absolute atomic E-state index is 7.71. The van der Waals surface area contributed by atoms with Crippen molar-refractivity contribution in [3.8, 4) is 0 Å². The fourth-order valence-electron chi connectivity index (χ4n) is 0. The van der Waals surface area contributed by atoms with Crippen LogP contribution in [0.2, 0.25) is 6.55 Å². The predicted octanol–water partition coefficient (Wildman–Crippen LogP) is 1.16. The van der Waals surface area contributed by atoms with Gasteiger partial charge < -0.3 is 4.80 Å². The van der Waals surface area contributed by atoms with Gasteiger partial charge in [0, 0.05) is 0 Å². The van der Waals surface area contributed by atoms with Crippen molar-refractivity contribution in [3.63, 3.8) is 0 Å². The van der Waals surface area contributed by atoms with Crippen LogP contribution in [0.4, 0.5) is 0 Å². The highest BCUT2D eigenvalue weighted by Crippen LogP contribution is 1.24. The zero-order chi connectivity index (χ0) is 6.71. The lowest BCUT2D eigenvalue weighted by molar-refractivity contribution is 0.610. The first kappa shape index (κ1) is 15.7. The Labute approximate surface area is 49.7 Å². The van der Waals surface area contributed by atoms with Crippen LogP contribution < -0.4 is 0 Å². The minimum atomic E-state index is -0.583. The van der Waals surface area contributed by atoms with E-state index in [1.807, 2.05) is 34.2 Å². The second-order valence-corrected chi connectivity index (χ2v) is 0.949. The van der Waals surface area contributed by atoms with Gasteiger partial charge in [0.25, 0.3) is 0 Å². The zero-order valence-electron chi connectivity index (χ0n) is 6.15. The van der Waals surface area contributed by atoms with Crippen molar-refractivity contribution in [3.05, 3.63) is 0 Å². The molecule has 0 heterocycles. The van der Waals surface area contributed by atoms with Gasteiger partial charge in [0.15, 0.2) is 9.76 Å². The van der Waals surface area contributed by atoms with Gasteiger partial charge >= 0.3 is 0 Å². The van der Waals surface area contributed by atoms with E-state index in [0.717, 1.165) is 0 Å². The van der Waals surface area contributed by atoms with Crippen LogP contribution in [-0.2, 0) is 0 Å². The van der Waals surface area contributed by atoms with Crippen LogP contribution >= 0.6 is 0 Å². The van der Waals surface area contributed by atoms with E-state index in [1.165, 1.54) is 0 Å². The van der Waals surface area contributed by atoms with E-state index in [2.05, 4.69) is 0 Å². The summed E-state index contributed by atoms with van der Waals surface area (Å²) in [5.41, 5.74) is 0. The Balaban J connectivity index is -0.0000000360. The molecule has 0 aliphatic rings. The largest absolute Gasteiger partial charge is 0.438 e. The van der Waals surface area contributed by atoms with Crippen molar-refractivity contribution in [1.29, 1.82) is 0 Å². The van der Waals surface area contributed by atoms with Crippen LogP contribution in [0.15, 0.2) is 0 Å². The average molecular weight is 122 g/mol. The average Bonchev–Trinajstić information content (AvgIpc) is 1.78. The van der Waals surface area contributed by atoms with Crippen LogP contribution in [0, 0.1) is 0 Å². The predicted molar refractivity (Wildman–Crippen MR) is 39.3 cm³/mol. The molecule has 0 aromatic heterocycles. The lowest BCUT2D eigenvalue weighted by atomic mass is 11.0. The summed E-state index contributed by atoms with van der Waals surface area (Å²) in [5, 5.41) is 0. The SMILES string of the molecule is CC.CC.C[SiH2]O. The fraction of sp³-hybridized carbons (Fsp3) is 1.00. The smallest absolute Gasteiger partial charge is 0.153 e. The van der Waals surface area contributed by atoms with Gasteiger partial charge in [0.2, 0.25) is 0 Å². The second kappa shape index (κ2) is 120. The van der Waals surface area contributed by atoms with Crippen LogP contribution in [0.25, 0.3) is 0 Å². The van der Waals surface area contributed by atoms with E-state index in [0.29, 0.717) is 0 Å². The van der Waals surface area contributed by atoms with Crippen LogP contribution in [0.1, 0.15) is 27.7 Å². The van der Waals surface area contributed by atoms with E-state index in [9.17, 15) is 0 Å². The van der Waals surface area contributed by atoms with E-state index >= 15 is 0 Å². The van der Waals surface area contributed by atoms with Gasteiger partial charge in [-0.1, -0.05) is 34.2 Å². The van der Waals surface area contributed by atoms with E-state index in [-0.39, 0.29) is 0 Å². The van der Waals surface area contributed by atoms with Crippen molar-refractivity contribution in [1.82, 2.24) is 0 Å². The molecule has 0 aromatic carbocycles. The molecule has 2 heteroatoms. The van der Waals surface area contributed by atoms with Crippen molar-refractivity contribution in [2.45, 2.75) is 34.2 Å². The summed E-state index contributed by atoms with van der Waals surface area (Å²) in [4.78, 5) is 7.71. The molecule has 0 spiro atoms. The summed E-state index contributed by atoms with van der Waals surface area (Å²) in [7, 11) is -0.583. The maximum Gasteiger partial charge on any atom is 0.153 e. The summed E-state index contributed by atoms with van der Waals surface area (Å²) < 4.78 is 0. The van der Waals surface area contributed by atoms with E-state index in [1.54, 1.807) is 0 Å². The minimum absolute atomic E-state index is 0.583. The van der Waals surface area contributed by atoms with E-state index in [4.69, 9.17) is 4.80 Å². The molecule has 0 aromatic rings. The molecule has 0 aliphatic heterocycles. The molecule has 7 heavy (non-hydrogen) atoms. The van der Waals surface area contributed by atoms with Gasteiger partial charge in [0.1, 0.15) is 0 Å². The highest BCUT2D eigenvalue weighted by atomic mass is 28.2. The molecule has 0 fully saturated rings. The molecule has 0 bridgehead atoms. The second-order valence-electron chi connectivity index (χ2n) is 0.316. The first-order valence-electron chi connectivity index (χ1n) is 3.02. The van der Waals surface area contributed by atoms with Crippen LogP contribution in [0.3, 0.4) is 0 Å². The summed E-state index contributed by atoms with van der Waals surface area (Å²) in [6, 6.07) is 0. The Bertz CT molecular complexity index is 8.04. The van der Waals surface area contributed by atoms with Gasteiger partial charge in [-0.2, -0.15) is 0 Å². The summed E-state index contributed by atoms with van der Waals surface area (Å²) in [6.45, 7) is 9.82. The Morgan fingerprint density at radius 1 is 1.00 bits per heavy atom. The standard InChI is InChI=1S/2C2H6.CH6OSi/c2*1-2;1-3-2/h2*1-2H3;2H,3H2,1H3. The third-order valence-electron chi connectivity index (χ3n) is 0. The lowest BCUT2D eigenvalue weighted by Gasteiger charge is -1.49. The quantitative estimate of drug-likeness (QED) is 0.478. The molecule has 1 nitrogen and oxygen atoms in total. The summed E-state index contributed by atoms with van der Waals surface area (Å²) >= 11 is 0. The topological polar surface area (TPSA) is 20.2 Å². The molecule has 0 rings (SSSR count). The molecule has 0 saturated heterocycles. The van der Waals surface area contributed by atoms with Gasteiger partial charge in [-0.25, -0.2) is 0 Å². The van der Waals surface area contributed by atoms with Crippen LogP contribution in [0.5, 0.6) is 0 Å². The highest BCUT2D eigenvalue weighted by molar-refractivity contribution is 6.22. The summed E-state index contributed by atoms with van der Waals surface area (Å²) in [6.07, 6.45) is 0. The molecule has 0 unspecified atom stereocenters. The maximum atomic E-state index is 7.71. The normalized spacial score (nSPS) is 6.00. The molecule has 48 valence electrons. The molecule has 0 saturated carbocycles. The Morgan fingerprint density at radius 3 is 1.00 bits per heavy atom. The molecular formula is C5H18OSi. The van der Waals surface area contributed by atoms with Crippen molar-refractivity contribution < 1.29 is 4.80 Å². The van der Waals surface area contributed by atoms with E-state index < -0.39 is 9.76 Å². The molecule has 1 N–H and O–H groups in total. The first-order valence-corrected chi connectivity index (χ1v) is 5.07.